The van der Waals surface area contributed by atoms with Crippen LogP contribution in [0, 0.1) is 0 Å². The highest BCUT2D eigenvalue weighted by Gasteiger charge is 2.10. The van der Waals surface area contributed by atoms with E-state index < -0.39 is 0 Å². The second kappa shape index (κ2) is 5.75. The molecule has 0 aliphatic carbocycles. The van der Waals surface area contributed by atoms with Crippen LogP contribution in [0.3, 0.4) is 0 Å². The lowest BCUT2D eigenvalue weighted by atomic mass is 10.1. The number of hydrogen-bond donors (Lipinski definition) is 2. The first-order valence-electron chi connectivity index (χ1n) is 4.23. The highest BCUT2D eigenvalue weighted by Crippen LogP contribution is 2.22. The molecule has 1 aromatic heterocycles. The number of H-pyrrole nitrogens is 1. The van der Waals surface area contributed by atoms with Crippen molar-refractivity contribution in [3.05, 3.63) is 36.2 Å². The van der Waals surface area contributed by atoms with Crippen molar-refractivity contribution in [2.24, 2.45) is 0 Å². The molecule has 15 heavy (non-hydrogen) atoms. The largest absolute Gasteiger partial charge is 1.00 e. The van der Waals surface area contributed by atoms with Gasteiger partial charge >= 0.3 is 0 Å². The summed E-state index contributed by atoms with van der Waals surface area (Å²) in [7, 11) is 0. The van der Waals surface area contributed by atoms with E-state index in [0.29, 0.717) is 6.54 Å². The minimum absolute atomic E-state index is 0. The van der Waals surface area contributed by atoms with Crippen LogP contribution in [0.5, 0.6) is 5.75 Å². The fourth-order valence-corrected chi connectivity index (χ4v) is 1.49. The zero-order valence-corrected chi connectivity index (χ0v) is 9.52. The van der Waals surface area contributed by atoms with E-state index in [1.54, 1.807) is 6.20 Å². The van der Waals surface area contributed by atoms with Gasteiger partial charge < -0.3 is 35.7 Å². The average Bonchev–Trinajstić information content (AvgIpc) is 2.19. The lowest BCUT2D eigenvalue weighted by Crippen LogP contribution is -3.00. The number of pyridine rings is 1. The van der Waals surface area contributed by atoms with Crippen LogP contribution in [0.25, 0.3) is 10.8 Å². The Morgan fingerprint density at radius 3 is 2.33 bits per heavy atom. The van der Waals surface area contributed by atoms with Gasteiger partial charge in [-0.3, -0.25) is 0 Å². The number of quaternary nitrogens is 1. The van der Waals surface area contributed by atoms with E-state index in [9.17, 15) is 5.11 Å². The third-order valence-corrected chi connectivity index (χ3v) is 2.16. The minimum atomic E-state index is 0. The maximum absolute atomic E-state index is 9.54. The molecule has 0 saturated heterocycles. The molecule has 0 radical (unpaired) electrons. The van der Waals surface area contributed by atoms with Gasteiger partial charge in [0.25, 0.3) is 0 Å². The van der Waals surface area contributed by atoms with Crippen LogP contribution in [0.1, 0.15) is 5.69 Å². The fourth-order valence-electron chi connectivity index (χ4n) is 1.49. The standard InChI is InChI=1S/C10H10N2O.2ClH/c11-5-9-7-3-1-2-4-8(7)10(13)6-12-9;;/h1-4,6,13H,5,11H2;2*1H. The summed E-state index contributed by atoms with van der Waals surface area (Å²) >= 11 is 0. The molecule has 0 saturated carbocycles. The number of halogens is 2. The van der Waals surface area contributed by atoms with E-state index in [2.05, 4.69) is 10.7 Å². The Morgan fingerprint density at radius 1 is 1.13 bits per heavy atom. The van der Waals surface area contributed by atoms with Crippen LogP contribution in [-0.4, -0.2) is 5.11 Å². The third kappa shape index (κ3) is 2.50. The predicted molar refractivity (Wildman–Crippen MR) is 48.8 cm³/mol. The number of nitrogens with one attached hydrogen (secondary N) is 1. The first-order chi connectivity index (χ1) is 6.33. The second-order valence-electron chi connectivity index (χ2n) is 2.95. The van der Waals surface area contributed by atoms with E-state index in [4.69, 9.17) is 0 Å². The van der Waals surface area contributed by atoms with E-state index in [0.717, 1.165) is 16.5 Å². The summed E-state index contributed by atoms with van der Waals surface area (Å²) in [6.45, 7) is 0.695. The maximum atomic E-state index is 9.54. The summed E-state index contributed by atoms with van der Waals surface area (Å²) in [4.78, 5) is 3.02. The van der Waals surface area contributed by atoms with Gasteiger partial charge in [0.2, 0.25) is 11.9 Å². The monoisotopic (exact) mass is 246 g/mol. The van der Waals surface area contributed by atoms with Crippen molar-refractivity contribution in [1.82, 2.24) is 0 Å². The van der Waals surface area contributed by atoms with Gasteiger partial charge in [0, 0.05) is 5.39 Å². The van der Waals surface area contributed by atoms with Crippen LogP contribution in [-0.2, 0) is 6.54 Å². The molecule has 0 unspecified atom stereocenters. The molecule has 5 N–H and O–H groups in total. The first-order valence-corrected chi connectivity index (χ1v) is 4.23. The lowest BCUT2D eigenvalue weighted by molar-refractivity contribution is -0.455. The van der Waals surface area contributed by atoms with Gasteiger partial charge in [0.05, 0.1) is 5.39 Å². The zero-order chi connectivity index (χ0) is 9.26. The van der Waals surface area contributed by atoms with Gasteiger partial charge in [0.15, 0.2) is 12.3 Å². The lowest BCUT2D eigenvalue weighted by Gasteiger charge is -1.98. The Balaban J connectivity index is 0.000000980. The zero-order valence-electron chi connectivity index (χ0n) is 8.00. The van der Waals surface area contributed by atoms with Gasteiger partial charge in [-0.1, -0.05) is 18.2 Å². The molecule has 0 amide bonds. The van der Waals surface area contributed by atoms with Gasteiger partial charge in [-0.25, -0.2) is 4.98 Å². The Labute approximate surface area is 100 Å². The SMILES string of the molecule is [Cl-].[Cl-].[NH3+]Cc1[nH+]cc(O)c2ccccc12. The van der Waals surface area contributed by atoms with Gasteiger partial charge in [-0.2, -0.15) is 0 Å². The van der Waals surface area contributed by atoms with E-state index in [-0.39, 0.29) is 30.6 Å². The molecule has 5 heteroatoms. The van der Waals surface area contributed by atoms with E-state index >= 15 is 0 Å². The number of aromatic amines is 1. The Hall–Kier alpha value is -1.03. The predicted octanol–water partition coefficient (Wildman–Crippen LogP) is -5.89. The highest BCUT2D eigenvalue weighted by molar-refractivity contribution is 5.88. The summed E-state index contributed by atoms with van der Waals surface area (Å²) in [5.41, 5.74) is 4.87. The third-order valence-electron chi connectivity index (χ3n) is 2.16. The quantitative estimate of drug-likeness (QED) is 0.518. The summed E-state index contributed by atoms with van der Waals surface area (Å²) in [6, 6.07) is 7.74. The maximum Gasteiger partial charge on any atom is 0.242 e. The van der Waals surface area contributed by atoms with Gasteiger partial charge in [0.1, 0.15) is 0 Å². The molecule has 2 aromatic rings. The molecule has 0 atom stereocenters. The molecule has 0 spiro atoms. The van der Waals surface area contributed by atoms with Crippen molar-refractivity contribution < 1.29 is 40.6 Å². The van der Waals surface area contributed by atoms with Crippen LogP contribution in [0.15, 0.2) is 30.5 Å². The number of rotatable bonds is 1. The molecule has 3 nitrogen and oxygen atoms in total. The number of aromatic hydroxyl groups is 1. The minimum Gasteiger partial charge on any atom is -1.00 e. The highest BCUT2D eigenvalue weighted by atomic mass is 35.5. The molecule has 2 rings (SSSR count). The van der Waals surface area contributed by atoms with Crippen molar-refractivity contribution in [2.75, 3.05) is 0 Å². The van der Waals surface area contributed by atoms with E-state index in [1.807, 2.05) is 24.3 Å². The van der Waals surface area contributed by atoms with E-state index in [1.165, 1.54) is 0 Å². The normalized spacial score (nSPS) is 9.13. The molecule has 82 valence electrons. The van der Waals surface area contributed by atoms with Crippen molar-refractivity contribution in [3.8, 4) is 5.75 Å². The van der Waals surface area contributed by atoms with Crippen molar-refractivity contribution in [2.45, 2.75) is 6.54 Å². The van der Waals surface area contributed by atoms with Crippen LogP contribution in [0.4, 0.5) is 0 Å². The number of hydrogen-bond acceptors (Lipinski definition) is 1. The van der Waals surface area contributed by atoms with Crippen molar-refractivity contribution in [1.29, 1.82) is 0 Å². The Bertz CT molecular complexity index is 448. The average molecular weight is 247 g/mol. The van der Waals surface area contributed by atoms with Crippen LogP contribution >= 0.6 is 0 Å². The number of benzene rings is 1. The van der Waals surface area contributed by atoms with Gasteiger partial charge in [-0.05, 0) is 6.07 Å². The molecule has 1 aromatic carbocycles. The molecular formula is C10H12Cl2N2O. The summed E-state index contributed by atoms with van der Waals surface area (Å²) < 4.78 is 0. The Kier molecular flexibility index (Phi) is 5.36. The smallest absolute Gasteiger partial charge is 0.242 e. The summed E-state index contributed by atoms with van der Waals surface area (Å²) in [5.74, 6) is 0.285. The molecule has 1 heterocycles. The number of aromatic nitrogens is 1. The number of fused-ring (bicyclic) bond motifs is 1. The molecule has 0 aliphatic rings. The van der Waals surface area contributed by atoms with Crippen LogP contribution < -0.4 is 35.5 Å². The molecule has 0 aliphatic heterocycles. The second-order valence-corrected chi connectivity index (χ2v) is 2.95. The topological polar surface area (TPSA) is 62.0 Å². The fraction of sp³-hybridized carbons (Fsp3) is 0.100. The molecular weight excluding hydrogens is 235 g/mol. The van der Waals surface area contributed by atoms with Crippen molar-refractivity contribution in [3.63, 3.8) is 0 Å². The van der Waals surface area contributed by atoms with Gasteiger partial charge in [-0.15, -0.1) is 0 Å². The Morgan fingerprint density at radius 2 is 1.73 bits per heavy atom. The summed E-state index contributed by atoms with van der Waals surface area (Å²) in [5, 5.41) is 11.5. The molecule has 0 bridgehead atoms. The molecule has 0 fully saturated rings. The first kappa shape index (κ1) is 14.0. The van der Waals surface area contributed by atoms with Crippen molar-refractivity contribution >= 4 is 10.8 Å². The van der Waals surface area contributed by atoms with Crippen LogP contribution in [0.2, 0.25) is 0 Å². The summed E-state index contributed by atoms with van der Waals surface area (Å²) in [6.07, 6.45) is 1.60.